The van der Waals surface area contributed by atoms with Gasteiger partial charge in [-0.1, -0.05) is 0 Å². The third kappa shape index (κ3) is 3.06. The van der Waals surface area contributed by atoms with Gasteiger partial charge in [0.15, 0.2) is 0 Å². The van der Waals surface area contributed by atoms with E-state index in [1.165, 1.54) is 7.11 Å². The van der Waals surface area contributed by atoms with Gasteiger partial charge in [-0.2, -0.15) is 0 Å². The Morgan fingerprint density at radius 1 is 1.53 bits per heavy atom. The van der Waals surface area contributed by atoms with Crippen LogP contribution in [0.5, 0.6) is 0 Å². The number of methoxy groups -OCH3 is 1. The maximum Gasteiger partial charge on any atom is 0.341 e. The highest BCUT2D eigenvalue weighted by atomic mass is 16.5. The fraction of sp³-hybridized carbons (Fsp3) is 0.357. The van der Waals surface area contributed by atoms with Crippen molar-refractivity contribution in [3.63, 3.8) is 0 Å². The number of rotatable bonds is 5. The van der Waals surface area contributed by atoms with Crippen LogP contribution in [0.3, 0.4) is 0 Å². The summed E-state index contributed by atoms with van der Waals surface area (Å²) in [6, 6.07) is 5.52. The van der Waals surface area contributed by atoms with Crippen LogP contribution in [0.15, 0.2) is 33.3 Å². The molecule has 0 saturated carbocycles. The summed E-state index contributed by atoms with van der Waals surface area (Å²) in [4.78, 5) is 11.5. The van der Waals surface area contributed by atoms with Gasteiger partial charge in [0.25, 0.3) is 0 Å². The average Bonchev–Trinajstić information content (AvgIpc) is 3.04. The first-order chi connectivity index (χ1) is 9.11. The van der Waals surface area contributed by atoms with Crippen molar-refractivity contribution in [3.8, 4) is 0 Å². The van der Waals surface area contributed by atoms with Crippen molar-refractivity contribution in [1.82, 2.24) is 5.32 Å². The molecule has 102 valence electrons. The van der Waals surface area contributed by atoms with Crippen LogP contribution in [0, 0.1) is 6.92 Å². The number of carbonyl (C=O) groups is 1. The zero-order chi connectivity index (χ0) is 13.8. The molecule has 5 nitrogen and oxygen atoms in total. The topological polar surface area (TPSA) is 64.6 Å². The number of furan rings is 2. The number of hydrogen-bond acceptors (Lipinski definition) is 5. The van der Waals surface area contributed by atoms with Gasteiger partial charge in [-0.15, -0.1) is 0 Å². The minimum absolute atomic E-state index is 0.0713. The summed E-state index contributed by atoms with van der Waals surface area (Å²) in [6.45, 7) is 4.25. The van der Waals surface area contributed by atoms with E-state index in [4.69, 9.17) is 8.83 Å². The molecule has 0 bridgehead atoms. The molecule has 2 heterocycles. The van der Waals surface area contributed by atoms with Crippen LogP contribution in [0.1, 0.15) is 40.6 Å². The second kappa shape index (κ2) is 5.75. The molecule has 0 radical (unpaired) electrons. The highest BCUT2D eigenvalue weighted by molar-refractivity contribution is 5.90. The van der Waals surface area contributed by atoms with Gasteiger partial charge in [0.1, 0.15) is 22.8 Å². The lowest BCUT2D eigenvalue weighted by Crippen LogP contribution is -2.17. The maximum atomic E-state index is 11.5. The molecular formula is C14H17NO4. The van der Waals surface area contributed by atoms with Crippen LogP contribution < -0.4 is 5.32 Å². The highest BCUT2D eigenvalue weighted by Crippen LogP contribution is 2.17. The first-order valence-electron chi connectivity index (χ1n) is 6.06. The highest BCUT2D eigenvalue weighted by Gasteiger charge is 2.16. The van der Waals surface area contributed by atoms with E-state index in [-0.39, 0.29) is 12.0 Å². The van der Waals surface area contributed by atoms with Gasteiger partial charge >= 0.3 is 5.97 Å². The summed E-state index contributed by atoms with van der Waals surface area (Å²) in [6.07, 6.45) is 1.64. The summed E-state index contributed by atoms with van der Waals surface area (Å²) < 4.78 is 15.5. The Balaban J connectivity index is 1.98. The third-order valence-corrected chi connectivity index (χ3v) is 2.93. The molecule has 2 rings (SSSR count). The fourth-order valence-electron chi connectivity index (χ4n) is 1.84. The largest absolute Gasteiger partial charge is 0.468 e. The van der Waals surface area contributed by atoms with Gasteiger partial charge in [0.2, 0.25) is 0 Å². The number of aryl methyl sites for hydroxylation is 1. The van der Waals surface area contributed by atoms with Gasteiger partial charge < -0.3 is 18.9 Å². The molecular weight excluding hydrogens is 246 g/mol. The zero-order valence-electron chi connectivity index (χ0n) is 11.2. The second-order valence-corrected chi connectivity index (χ2v) is 4.29. The van der Waals surface area contributed by atoms with Crippen molar-refractivity contribution in [2.45, 2.75) is 26.4 Å². The van der Waals surface area contributed by atoms with E-state index in [0.29, 0.717) is 23.6 Å². The zero-order valence-corrected chi connectivity index (χ0v) is 11.2. The Morgan fingerprint density at radius 3 is 2.95 bits per heavy atom. The van der Waals surface area contributed by atoms with Crippen molar-refractivity contribution >= 4 is 5.97 Å². The van der Waals surface area contributed by atoms with Crippen LogP contribution in [-0.2, 0) is 11.3 Å². The van der Waals surface area contributed by atoms with E-state index in [2.05, 4.69) is 10.1 Å². The normalized spacial score (nSPS) is 12.4. The van der Waals surface area contributed by atoms with Gasteiger partial charge in [-0.3, -0.25) is 0 Å². The lowest BCUT2D eigenvalue weighted by Gasteiger charge is -2.09. The monoisotopic (exact) mass is 263 g/mol. The lowest BCUT2D eigenvalue weighted by atomic mass is 10.2. The molecule has 5 heteroatoms. The predicted octanol–water partition coefficient (Wildman–Crippen LogP) is 2.82. The van der Waals surface area contributed by atoms with Crippen molar-refractivity contribution < 1.29 is 18.4 Å². The molecule has 19 heavy (non-hydrogen) atoms. The third-order valence-electron chi connectivity index (χ3n) is 2.93. The van der Waals surface area contributed by atoms with Gasteiger partial charge in [-0.05, 0) is 32.0 Å². The van der Waals surface area contributed by atoms with Crippen molar-refractivity contribution in [2.24, 2.45) is 0 Å². The number of ether oxygens (including phenoxy) is 1. The second-order valence-electron chi connectivity index (χ2n) is 4.29. The number of hydrogen-bond donors (Lipinski definition) is 1. The van der Waals surface area contributed by atoms with E-state index in [9.17, 15) is 4.79 Å². The van der Waals surface area contributed by atoms with Gasteiger partial charge in [0, 0.05) is 0 Å². The van der Waals surface area contributed by atoms with E-state index in [1.54, 1.807) is 19.3 Å². The Bertz CT molecular complexity index is 542. The molecule has 0 spiro atoms. The lowest BCUT2D eigenvalue weighted by molar-refractivity contribution is 0.0599. The summed E-state index contributed by atoms with van der Waals surface area (Å²) in [5, 5.41) is 3.26. The summed E-state index contributed by atoms with van der Waals surface area (Å²) >= 11 is 0. The molecule has 0 fully saturated rings. The number of esters is 1. The number of nitrogens with one attached hydrogen (secondary N) is 1. The molecule has 2 aromatic rings. The Kier molecular flexibility index (Phi) is 4.06. The van der Waals surface area contributed by atoms with Crippen LogP contribution in [0.2, 0.25) is 0 Å². The first-order valence-corrected chi connectivity index (χ1v) is 6.06. The van der Waals surface area contributed by atoms with E-state index >= 15 is 0 Å². The molecule has 0 aromatic carbocycles. The summed E-state index contributed by atoms with van der Waals surface area (Å²) in [5.41, 5.74) is 0.463. The molecule has 1 N–H and O–H groups in total. The predicted molar refractivity (Wildman–Crippen MR) is 68.7 cm³/mol. The van der Waals surface area contributed by atoms with Gasteiger partial charge in [0.05, 0.1) is 26.0 Å². The summed E-state index contributed by atoms with van der Waals surface area (Å²) in [7, 11) is 1.35. The smallest absolute Gasteiger partial charge is 0.341 e. The van der Waals surface area contributed by atoms with E-state index in [1.807, 2.05) is 19.1 Å². The van der Waals surface area contributed by atoms with Gasteiger partial charge in [-0.25, -0.2) is 4.79 Å². The Morgan fingerprint density at radius 2 is 2.32 bits per heavy atom. The van der Waals surface area contributed by atoms with Crippen molar-refractivity contribution in [2.75, 3.05) is 7.11 Å². The van der Waals surface area contributed by atoms with Crippen LogP contribution in [-0.4, -0.2) is 13.1 Å². The first kappa shape index (κ1) is 13.4. The van der Waals surface area contributed by atoms with Crippen LogP contribution in [0.25, 0.3) is 0 Å². The van der Waals surface area contributed by atoms with E-state index in [0.717, 1.165) is 5.76 Å². The standard InChI is InChI=1S/C14H17NO4/c1-9(13-5-4-6-18-13)15-8-11-7-12(10(2)19-11)14(16)17-3/h4-7,9,15H,8H2,1-3H3/t9-/m0/s1. The molecule has 0 aliphatic heterocycles. The van der Waals surface area contributed by atoms with Crippen LogP contribution in [0.4, 0.5) is 0 Å². The maximum absolute atomic E-state index is 11.5. The quantitative estimate of drug-likeness (QED) is 0.840. The minimum atomic E-state index is -0.383. The molecule has 0 aliphatic carbocycles. The van der Waals surface area contributed by atoms with E-state index < -0.39 is 0 Å². The number of carbonyl (C=O) groups excluding carboxylic acids is 1. The van der Waals surface area contributed by atoms with Crippen molar-refractivity contribution in [1.29, 1.82) is 0 Å². The van der Waals surface area contributed by atoms with Crippen molar-refractivity contribution in [3.05, 3.63) is 47.3 Å². The molecule has 0 unspecified atom stereocenters. The Hall–Kier alpha value is -2.01. The molecule has 0 saturated heterocycles. The minimum Gasteiger partial charge on any atom is -0.468 e. The molecule has 2 aromatic heterocycles. The van der Waals surface area contributed by atoms with Crippen LogP contribution >= 0.6 is 0 Å². The SMILES string of the molecule is COC(=O)c1cc(CN[C@@H](C)c2ccco2)oc1C. The summed E-state index contributed by atoms with van der Waals surface area (Å²) in [5.74, 6) is 1.73. The molecule has 1 atom stereocenters. The Labute approximate surface area is 111 Å². The molecule has 0 amide bonds. The molecule has 0 aliphatic rings. The average molecular weight is 263 g/mol. The fourth-order valence-corrected chi connectivity index (χ4v) is 1.84.